The number of carboxylic acid groups (broad SMARTS) is 1. The van der Waals surface area contributed by atoms with Gasteiger partial charge in [0.05, 0.1) is 4.90 Å². The second-order valence-corrected chi connectivity index (χ2v) is 10.7. The molecule has 0 aliphatic rings. The van der Waals surface area contributed by atoms with Crippen molar-refractivity contribution < 1.29 is 18.3 Å². The number of hydrogen-bond acceptors (Lipinski definition) is 6. The topological polar surface area (TPSA) is 96.4 Å². The van der Waals surface area contributed by atoms with E-state index in [1.165, 1.54) is 6.07 Å². The Kier molecular flexibility index (Phi) is 5.16. The number of fused-ring (bicyclic) bond motifs is 3. The summed E-state index contributed by atoms with van der Waals surface area (Å²) >= 11 is 3.15. The highest BCUT2D eigenvalue weighted by atomic mass is 32.2. The molecule has 4 rings (SSSR count). The zero-order valence-corrected chi connectivity index (χ0v) is 18.1. The van der Waals surface area contributed by atoms with Crippen LogP contribution in [0.25, 0.3) is 30.7 Å². The maximum atomic E-state index is 12.8. The first-order valence-corrected chi connectivity index (χ1v) is 12.1. The smallest absolute Gasteiger partial charge is 0.322 e. The molecule has 9 heteroatoms. The molecule has 0 amide bonds. The SMILES string of the molecule is CC(C)[C@@H](NS(=O)(=O)c1ccc2sc3cc(-c4nccs4)ccc3c2c1)C(=O)O. The van der Waals surface area contributed by atoms with Crippen LogP contribution in [0.1, 0.15) is 13.8 Å². The molecule has 0 spiro atoms. The molecule has 0 bridgehead atoms. The lowest BCUT2D eigenvalue weighted by atomic mass is 10.1. The molecule has 0 saturated heterocycles. The number of rotatable bonds is 6. The van der Waals surface area contributed by atoms with Crippen LogP contribution >= 0.6 is 22.7 Å². The van der Waals surface area contributed by atoms with Gasteiger partial charge < -0.3 is 5.11 Å². The van der Waals surface area contributed by atoms with Gasteiger partial charge in [-0.15, -0.1) is 22.7 Å². The van der Waals surface area contributed by atoms with Gasteiger partial charge in [-0.1, -0.05) is 26.0 Å². The van der Waals surface area contributed by atoms with Gasteiger partial charge in [0.2, 0.25) is 10.0 Å². The molecule has 150 valence electrons. The Bertz CT molecular complexity index is 1310. The third-order valence-electron chi connectivity index (χ3n) is 4.65. The first-order valence-electron chi connectivity index (χ1n) is 8.87. The maximum Gasteiger partial charge on any atom is 0.322 e. The van der Waals surface area contributed by atoms with Crippen LogP contribution in [-0.2, 0) is 14.8 Å². The highest BCUT2D eigenvalue weighted by Gasteiger charge is 2.28. The van der Waals surface area contributed by atoms with Crippen LogP contribution in [0.5, 0.6) is 0 Å². The van der Waals surface area contributed by atoms with E-state index < -0.39 is 22.0 Å². The molecule has 4 aromatic rings. The average Bonchev–Trinajstić information content (AvgIpc) is 3.32. The summed E-state index contributed by atoms with van der Waals surface area (Å²) in [4.78, 5) is 15.8. The summed E-state index contributed by atoms with van der Waals surface area (Å²) in [5.74, 6) is -1.57. The van der Waals surface area contributed by atoms with Crippen LogP contribution in [0.3, 0.4) is 0 Å². The van der Waals surface area contributed by atoms with Crippen LogP contribution < -0.4 is 4.72 Å². The summed E-state index contributed by atoms with van der Waals surface area (Å²) < 4.78 is 29.9. The van der Waals surface area contributed by atoms with E-state index in [2.05, 4.69) is 15.8 Å². The molecule has 2 aromatic carbocycles. The number of aliphatic carboxylic acids is 1. The lowest BCUT2D eigenvalue weighted by Gasteiger charge is -2.18. The van der Waals surface area contributed by atoms with Gasteiger partial charge in [-0.2, -0.15) is 4.72 Å². The second-order valence-electron chi connectivity index (χ2n) is 6.99. The monoisotopic (exact) mass is 446 g/mol. The van der Waals surface area contributed by atoms with Gasteiger partial charge in [0, 0.05) is 37.3 Å². The van der Waals surface area contributed by atoms with Crippen molar-refractivity contribution in [1.82, 2.24) is 9.71 Å². The molecule has 2 aromatic heterocycles. The van der Waals surface area contributed by atoms with Crippen LogP contribution in [0.4, 0.5) is 0 Å². The number of aromatic nitrogens is 1. The fourth-order valence-electron chi connectivity index (χ4n) is 3.13. The lowest BCUT2D eigenvalue weighted by Crippen LogP contribution is -2.44. The number of nitrogens with zero attached hydrogens (tertiary/aromatic N) is 1. The minimum Gasteiger partial charge on any atom is -0.480 e. The molecular weight excluding hydrogens is 428 g/mol. The first-order chi connectivity index (χ1) is 13.8. The second kappa shape index (κ2) is 7.49. The molecule has 2 heterocycles. The van der Waals surface area contributed by atoms with Crippen molar-refractivity contribution >= 4 is 58.8 Å². The number of hydrogen-bond donors (Lipinski definition) is 2. The number of benzene rings is 2. The number of carboxylic acids is 1. The van der Waals surface area contributed by atoms with Gasteiger partial charge in [0.1, 0.15) is 11.0 Å². The van der Waals surface area contributed by atoms with E-state index in [1.54, 1.807) is 54.9 Å². The van der Waals surface area contributed by atoms with Gasteiger partial charge in [-0.3, -0.25) is 4.79 Å². The zero-order valence-electron chi connectivity index (χ0n) is 15.6. The Morgan fingerprint density at radius 2 is 1.90 bits per heavy atom. The summed E-state index contributed by atoms with van der Waals surface area (Å²) in [5.41, 5.74) is 1.02. The Morgan fingerprint density at radius 1 is 1.10 bits per heavy atom. The fraction of sp³-hybridized carbons (Fsp3) is 0.200. The summed E-state index contributed by atoms with van der Waals surface area (Å²) in [6.45, 7) is 3.33. The van der Waals surface area contributed by atoms with E-state index in [0.29, 0.717) is 0 Å². The van der Waals surface area contributed by atoms with Crippen LogP contribution in [0.15, 0.2) is 52.9 Å². The number of thiophene rings is 1. The Morgan fingerprint density at radius 3 is 2.55 bits per heavy atom. The summed E-state index contributed by atoms with van der Waals surface area (Å²) in [6.07, 6.45) is 1.76. The van der Waals surface area contributed by atoms with Crippen molar-refractivity contribution in [2.75, 3.05) is 0 Å². The van der Waals surface area contributed by atoms with E-state index in [1.807, 2.05) is 17.5 Å². The van der Waals surface area contributed by atoms with Gasteiger partial charge in [0.15, 0.2) is 0 Å². The summed E-state index contributed by atoms with van der Waals surface area (Å²) in [5, 5.41) is 14.0. The third kappa shape index (κ3) is 3.78. The Balaban J connectivity index is 1.77. The van der Waals surface area contributed by atoms with Gasteiger partial charge in [0.25, 0.3) is 0 Å². The Hall–Kier alpha value is -2.33. The number of nitrogens with one attached hydrogen (secondary N) is 1. The minimum absolute atomic E-state index is 0.0561. The van der Waals surface area contributed by atoms with Gasteiger partial charge in [-0.05, 0) is 30.2 Å². The zero-order chi connectivity index (χ0) is 20.8. The minimum atomic E-state index is -3.97. The summed E-state index contributed by atoms with van der Waals surface area (Å²) in [7, 11) is -3.97. The molecule has 0 saturated carbocycles. The van der Waals surface area contributed by atoms with Crippen molar-refractivity contribution in [3.63, 3.8) is 0 Å². The van der Waals surface area contributed by atoms with Crippen molar-refractivity contribution in [2.45, 2.75) is 24.8 Å². The van der Waals surface area contributed by atoms with Crippen LogP contribution in [0, 0.1) is 5.92 Å². The molecule has 0 fully saturated rings. The Labute approximate surface area is 175 Å². The number of thiazole rings is 1. The third-order valence-corrected chi connectivity index (χ3v) is 8.04. The van der Waals surface area contributed by atoms with E-state index in [4.69, 9.17) is 0 Å². The van der Waals surface area contributed by atoms with Crippen LogP contribution in [0.2, 0.25) is 0 Å². The molecule has 0 radical (unpaired) electrons. The number of carbonyl (C=O) groups is 1. The molecule has 1 atom stereocenters. The van der Waals surface area contributed by atoms with E-state index in [-0.39, 0.29) is 10.8 Å². The van der Waals surface area contributed by atoms with Gasteiger partial charge >= 0.3 is 5.97 Å². The first kappa shape index (κ1) is 20.0. The van der Waals surface area contributed by atoms with E-state index in [9.17, 15) is 18.3 Å². The normalized spacial score (nSPS) is 13.3. The molecule has 2 N–H and O–H groups in total. The quantitative estimate of drug-likeness (QED) is 0.452. The molecule has 0 aliphatic heterocycles. The molecular formula is C20H18N2O4S3. The molecule has 0 unspecified atom stereocenters. The summed E-state index contributed by atoms with van der Waals surface area (Å²) in [6, 6.07) is 9.72. The maximum absolute atomic E-state index is 12.8. The number of sulfonamides is 1. The van der Waals surface area contributed by atoms with Gasteiger partial charge in [-0.25, -0.2) is 13.4 Å². The van der Waals surface area contributed by atoms with Crippen LogP contribution in [-0.4, -0.2) is 30.5 Å². The van der Waals surface area contributed by atoms with E-state index in [0.717, 1.165) is 30.7 Å². The predicted molar refractivity (Wildman–Crippen MR) is 117 cm³/mol. The van der Waals surface area contributed by atoms with Crippen molar-refractivity contribution in [2.24, 2.45) is 5.92 Å². The predicted octanol–water partition coefficient (Wildman–Crippen LogP) is 4.57. The molecule has 0 aliphatic carbocycles. The highest BCUT2D eigenvalue weighted by Crippen LogP contribution is 2.37. The van der Waals surface area contributed by atoms with Crippen molar-refractivity contribution in [3.8, 4) is 10.6 Å². The molecule has 29 heavy (non-hydrogen) atoms. The standard InChI is InChI=1S/C20H18N2O4S3/c1-11(2)18(20(23)24)22-29(25,26)13-4-6-16-15(10-13)14-5-3-12(9-17(14)28-16)19-21-7-8-27-19/h3-11,18,22H,1-2H3,(H,23,24)/t18-/m1/s1. The fourth-order valence-corrected chi connectivity index (χ4v) is 6.25. The largest absolute Gasteiger partial charge is 0.480 e. The average molecular weight is 447 g/mol. The van der Waals surface area contributed by atoms with E-state index >= 15 is 0 Å². The molecule has 6 nitrogen and oxygen atoms in total. The van der Waals surface area contributed by atoms with Crippen molar-refractivity contribution in [3.05, 3.63) is 48.0 Å². The lowest BCUT2D eigenvalue weighted by molar-refractivity contribution is -0.140. The van der Waals surface area contributed by atoms with Crippen molar-refractivity contribution in [1.29, 1.82) is 0 Å². The highest BCUT2D eigenvalue weighted by molar-refractivity contribution is 7.89.